The monoisotopic (exact) mass is 296 g/mol. The lowest BCUT2D eigenvalue weighted by atomic mass is 9.78. The fourth-order valence-electron chi connectivity index (χ4n) is 3.61. The van der Waals surface area contributed by atoms with E-state index < -0.39 is 0 Å². The van der Waals surface area contributed by atoms with Crippen molar-refractivity contribution in [1.82, 2.24) is 10.2 Å². The fraction of sp³-hybridized carbons (Fsp3) is 1.00. The standard InChI is InChI=1S/C17H32N2O2/c1-19(9-10-21-12-14-4-5-14)16-3-2-8-17(11-16,13-20)18-15-6-7-15/h14-16,18,20H,2-13H2,1H3. The van der Waals surface area contributed by atoms with Gasteiger partial charge in [-0.15, -0.1) is 0 Å². The SMILES string of the molecule is CN(CCOCC1CC1)C1CCCC(CO)(NC2CC2)C1. The van der Waals surface area contributed by atoms with Crippen molar-refractivity contribution in [2.75, 3.05) is 33.4 Å². The highest BCUT2D eigenvalue weighted by molar-refractivity contribution is 5.00. The van der Waals surface area contributed by atoms with E-state index in [2.05, 4.69) is 17.3 Å². The van der Waals surface area contributed by atoms with Crippen LogP contribution in [0.2, 0.25) is 0 Å². The van der Waals surface area contributed by atoms with Crippen molar-refractivity contribution in [2.45, 2.75) is 69.0 Å². The summed E-state index contributed by atoms with van der Waals surface area (Å²) in [6.45, 7) is 3.11. The Morgan fingerprint density at radius 2 is 2.05 bits per heavy atom. The predicted molar refractivity (Wildman–Crippen MR) is 84.4 cm³/mol. The molecule has 0 heterocycles. The highest BCUT2D eigenvalue weighted by Gasteiger charge is 2.40. The summed E-state index contributed by atoms with van der Waals surface area (Å²) in [6.07, 6.45) is 10.00. The number of likely N-dealkylation sites (N-methyl/N-ethyl adjacent to an activating group) is 1. The van der Waals surface area contributed by atoms with Crippen LogP contribution in [0.3, 0.4) is 0 Å². The zero-order valence-corrected chi connectivity index (χ0v) is 13.5. The first-order valence-corrected chi connectivity index (χ1v) is 8.87. The van der Waals surface area contributed by atoms with Gasteiger partial charge in [-0.1, -0.05) is 0 Å². The molecule has 0 aromatic carbocycles. The van der Waals surface area contributed by atoms with E-state index in [1.807, 2.05) is 0 Å². The minimum atomic E-state index is -0.0206. The van der Waals surface area contributed by atoms with Crippen LogP contribution in [0.5, 0.6) is 0 Å². The number of ether oxygens (including phenoxy) is 1. The first-order chi connectivity index (χ1) is 10.2. The van der Waals surface area contributed by atoms with Gasteiger partial charge in [0.25, 0.3) is 0 Å². The van der Waals surface area contributed by atoms with Gasteiger partial charge in [-0.3, -0.25) is 0 Å². The number of nitrogens with one attached hydrogen (secondary N) is 1. The van der Waals surface area contributed by atoms with Crippen molar-refractivity contribution in [3.63, 3.8) is 0 Å². The van der Waals surface area contributed by atoms with E-state index in [4.69, 9.17) is 4.74 Å². The van der Waals surface area contributed by atoms with Gasteiger partial charge < -0.3 is 20.1 Å². The van der Waals surface area contributed by atoms with Crippen LogP contribution in [0.15, 0.2) is 0 Å². The van der Waals surface area contributed by atoms with E-state index in [0.717, 1.165) is 38.5 Å². The lowest BCUT2D eigenvalue weighted by molar-refractivity contribution is 0.0471. The summed E-state index contributed by atoms with van der Waals surface area (Å²) >= 11 is 0. The molecule has 2 unspecified atom stereocenters. The molecule has 0 bridgehead atoms. The molecule has 3 aliphatic carbocycles. The van der Waals surface area contributed by atoms with E-state index in [9.17, 15) is 5.11 Å². The maximum atomic E-state index is 9.89. The summed E-state index contributed by atoms with van der Waals surface area (Å²) in [5.74, 6) is 0.856. The van der Waals surface area contributed by atoms with Gasteiger partial charge in [0, 0.05) is 30.8 Å². The molecule has 122 valence electrons. The van der Waals surface area contributed by atoms with E-state index in [1.54, 1.807) is 0 Å². The molecule has 2 atom stereocenters. The summed E-state index contributed by atoms with van der Waals surface area (Å²) in [5.41, 5.74) is -0.0206. The number of hydrogen-bond donors (Lipinski definition) is 2. The van der Waals surface area contributed by atoms with E-state index in [0.29, 0.717) is 12.1 Å². The quantitative estimate of drug-likeness (QED) is 0.637. The van der Waals surface area contributed by atoms with E-state index >= 15 is 0 Å². The molecule has 21 heavy (non-hydrogen) atoms. The van der Waals surface area contributed by atoms with Crippen molar-refractivity contribution in [2.24, 2.45) is 5.92 Å². The van der Waals surface area contributed by atoms with Crippen molar-refractivity contribution in [1.29, 1.82) is 0 Å². The van der Waals surface area contributed by atoms with Crippen LogP contribution in [0.25, 0.3) is 0 Å². The lowest BCUT2D eigenvalue weighted by Gasteiger charge is -2.43. The van der Waals surface area contributed by atoms with Crippen molar-refractivity contribution in [3.05, 3.63) is 0 Å². The highest BCUT2D eigenvalue weighted by Crippen LogP contribution is 2.34. The van der Waals surface area contributed by atoms with Crippen LogP contribution in [0, 0.1) is 5.92 Å². The molecule has 0 saturated heterocycles. The second kappa shape index (κ2) is 6.95. The Kier molecular flexibility index (Phi) is 5.20. The average Bonchev–Trinajstić information content (AvgIpc) is 3.39. The molecule has 0 spiro atoms. The minimum absolute atomic E-state index is 0.0206. The molecule has 0 amide bonds. The van der Waals surface area contributed by atoms with Crippen molar-refractivity contribution < 1.29 is 9.84 Å². The molecule has 0 aromatic rings. The molecule has 0 radical (unpaired) electrons. The third-order valence-electron chi connectivity index (χ3n) is 5.47. The average molecular weight is 296 g/mol. The molecule has 3 saturated carbocycles. The molecule has 0 aliphatic heterocycles. The Labute approximate surface area is 129 Å². The third kappa shape index (κ3) is 4.65. The smallest absolute Gasteiger partial charge is 0.0613 e. The van der Waals surface area contributed by atoms with Crippen LogP contribution in [0.1, 0.15) is 51.4 Å². The normalized spacial score (nSPS) is 33.6. The minimum Gasteiger partial charge on any atom is -0.394 e. The van der Waals surface area contributed by atoms with Gasteiger partial charge in [0.2, 0.25) is 0 Å². The third-order valence-corrected chi connectivity index (χ3v) is 5.47. The first kappa shape index (κ1) is 15.7. The number of hydrogen-bond acceptors (Lipinski definition) is 4. The zero-order valence-electron chi connectivity index (χ0n) is 13.5. The van der Waals surface area contributed by atoms with E-state index in [1.165, 1.54) is 38.5 Å². The molecular formula is C17H32N2O2. The summed E-state index contributed by atoms with van der Waals surface area (Å²) in [4.78, 5) is 2.45. The van der Waals surface area contributed by atoms with Gasteiger partial charge in [-0.25, -0.2) is 0 Å². The van der Waals surface area contributed by atoms with Crippen molar-refractivity contribution in [3.8, 4) is 0 Å². The number of rotatable bonds is 9. The molecule has 3 fully saturated rings. The predicted octanol–water partition coefficient (Wildman–Crippen LogP) is 1.77. The summed E-state index contributed by atoms with van der Waals surface area (Å²) in [5, 5.41) is 13.6. The van der Waals surface area contributed by atoms with Crippen molar-refractivity contribution >= 4 is 0 Å². The molecule has 3 rings (SSSR count). The molecular weight excluding hydrogens is 264 g/mol. The largest absolute Gasteiger partial charge is 0.394 e. The van der Waals surface area contributed by atoms with Crippen LogP contribution in [-0.4, -0.2) is 61.0 Å². The molecule has 4 heteroatoms. The van der Waals surface area contributed by atoms with Crippen LogP contribution in [-0.2, 0) is 4.74 Å². The summed E-state index contributed by atoms with van der Waals surface area (Å²) in [6, 6.07) is 1.25. The summed E-state index contributed by atoms with van der Waals surface area (Å²) < 4.78 is 5.77. The number of aliphatic hydroxyl groups is 1. The van der Waals surface area contributed by atoms with Gasteiger partial charge in [-0.2, -0.15) is 0 Å². The Balaban J connectivity index is 1.42. The van der Waals surface area contributed by atoms with Gasteiger partial charge in [0.05, 0.1) is 13.2 Å². The van der Waals surface area contributed by atoms with Crippen LogP contribution >= 0.6 is 0 Å². The molecule has 2 N–H and O–H groups in total. The van der Waals surface area contributed by atoms with Gasteiger partial charge in [0.15, 0.2) is 0 Å². The number of nitrogens with zero attached hydrogens (tertiary/aromatic N) is 1. The number of aliphatic hydroxyl groups excluding tert-OH is 1. The second-order valence-corrected chi connectivity index (χ2v) is 7.61. The van der Waals surface area contributed by atoms with E-state index in [-0.39, 0.29) is 12.1 Å². The Morgan fingerprint density at radius 3 is 2.71 bits per heavy atom. The molecule has 3 aliphatic rings. The fourth-order valence-corrected chi connectivity index (χ4v) is 3.61. The molecule has 0 aromatic heterocycles. The molecule has 4 nitrogen and oxygen atoms in total. The van der Waals surface area contributed by atoms with Crippen LogP contribution in [0.4, 0.5) is 0 Å². The Hall–Kier alpha value is -0.160. The van der Waals surface area contributed by atoms with Gasteiger partial charge >= 0.3 is 0 Å². The topological polar surface area (TPSA) is 44.7 Å². The summed E-state index contributed by atoms with van der Waals surface area (Å²) in [7, 11) is 2.22. The first-order valence-electron chi connectivity index (χ1n) is 8.87. The maximum Gasteiger partial charge on any atom is 0.0613 e. The second-order valence-electron chi connectivity index (χ2n) is 7.61. The van der Waals surface area contributed by atoms with Gasteiger partial charge in [0.1, 0.15) is 0 Å². The lowest BCUT2D eigenvalue weighted by Crippen LogP contribution is -2.56. The Bertz CT molecular complexity index is 331. The van der Waals surface area contributed by atoms with Crippen LogP contribution < -0.4 is 5.32 Å². The van der Waals surface area contributed by atoms with Gasteiger partial charge in [-0.05, 0) is 64.3 Å². The Morgan fingerprint density at radius 1 is 1.24 bits per heavy atom. The zero-order chi connectivity index (χ0) is 14.7. The highest BCUT2D eigenvalue weighted by atomic mass is 16.5. The maximum absolute atomic E-state index is 9.89.